The summed E-state index contributed by atoms with van der Waals surface area (Å²) in [5, 5.41) is 0. The summed E-state index contributed by atoms with van der Waals surface area (Å²) in [4.78, 5) is 16.3. The standard InChI is InChI=1S/C23H28N2O5.ClH/c1-27-18-5-3-17(4-6-18)25-16-22(30-23(25)26)15-24-13-11-21(12-14-24)29-20-9-7-19(28-2)8-10-20;/h3-10,21-22H,11-16H2,1-2H3;1H/t22-;/m0./s1. The molecule has 8 heteroatoms. The van der Waals surface area contributed by atoms with E-state index in [4.69, 9.17) is 18.9 Å². The zero-order valence-corrected chi connectivity index (χ0v) is 18.7. The van der Waals surface area contributed by atoms with E-state index in [1.807, 2.05) is 48.5 Å². The minimum absolute atomic E-state index is 0. The largest absolute Gasteiger partial charge is 0.497 e. The molecular formula is C23H29ClN2O5. The SMILES string of the molecule is COc1ccc(OC2CCN(C[C@H]3CN(c4ccc(OC)cc4)C(=O)O3)CC2)cc1.Cl. The van der Waals surface area contributed by atoms with Crippen molar-refractivity contribution in [3.8, 4) is 17.2 Å². The average Bonchev–Trinajstić information content (AvgIpc) is 3.15. The molecule has 2 saturated heterocycles. The molecular weight excluding hydrogens is 420 g/mol. The molecule has 0 spiro atoms. The van der Waals surface area contributed by atoms with Crippen molar-refractivity contribution in [1.29, 1.82) is 0 Å². The monoisotopic (exact) mass is 448 g/mol. The first-order valence-corrected chi connectivity index (χ1v) is 10.3. The second-order valence-corrected chi connectivity index (χ2v) is 7.61. The number of hydrogen-bond donors (Lipinski definition) is 0. The van der Waals surface area contributed by atoms with Crippen LogP contribution >= 0.6 is 12.4 Å². The van der Waals surface area contributed by atoms with Crippen molar-refractivity contribution in [2.45, 2.75) is 25.0 Å². The van der Waals surface area contributed by atoms with E-state index >= 15 is 0 Å². The summed E-state index contributed by atoms with van der Waals surface area (Å²) in [7, 11) is 3.28. The number of benzene rings is 2. The van der Waals surface area contributed by atoms with E-state index in [2.05, 4.69) is 4.90 Å². The first kappa shape index (κ1) is 23.0. The summed E-state index contributed by atoms with van der Waals surface area (Å²) in [5.74, 6) is 2.46. The highest BCUT2D eigenvalue weighted by Crippen LogP contribution is 2.26. The van der Waals surface area contributed by atoms with Gasteiger partial charge in [0.25, 0.3) is 0 Å². The molecule has 2 fully saturated rings. The molecule has 2 aliphatic heterocycles. The summed E-state index contributed by atoms with van der Waals surface area (Å²) in [6.07, 6.45) is 1.70. The van der Waals surface area contributed by atoms with Gasteiger partial charge in [-0.25, -0.2) is 4.79 Å². The van der Waals surface area contributed by atoms with Crippen molar-refractivity contribution >= 4 is 24.2 Å². The zero-order valence-electron chi connectivity index (χ0n) is 17.9. The third-order valence-electron chi connectivity index (χ3n) is 5.62. The Balaban J connectivity index is 0.00000272. The van der Waals surface area contributed by atoms with Gasteiger partial charge in [0.1, 0.15) is 29.5 Å². The molecule has 2 aromatic rings. The van der Waals surface area contributed by atoms with Gasteiger partial charge in [0.15, 0.2) is 0 Å². The van der Waals surface area contributed by atoms with Crippen LogP contribution in [0.3, 0.4) is 0 Å². The van der Waals surface area contributed by atoms with E-state index in [0.29, 0.717) is 6.54 Å². The van der Waals surface area contributed by atoms with E-state index in [9.17, 15) is 4.79 Å². The molecule has 31 heavy (non-hydrogen) atoms. The second kappa shape index (κ2) is 10.6. The minimum atomic E-state index is -0.289. The van der Waals surface area contributed by atoms with Crippen molar-refractivity contribution in [2.75, 3.05) is 45.3 Å². The van der Waals surface area contributed by atoms with Gasteiger partial charge in [-0.1, -0.05) is 0 Å². The Hall–Kier alpha value is -2.64. The summed E-state index contributed by atoms with van der Waals surface area (Å²) < 4.78 is 22.1. The molecule has 7 nitrogen and oxygen atoms in total. The van der Waals surface area contributed by atoms with Crippen molar-refractivity contribution in [2.24, 2.45) is 0 Å². The number of ether oxygens (including phenoxy) is 4. The lowest BCUT2D eigenvalue weighted by Crippen LogP contribution is -2.42. The van der Waals surface area contributed by atoms with Gasteiger partial charge in [-0.3, -0.25) is 9.80 Å². The fraction of sp³-hybridized carbons (Fsp3) is 0.435. The number of nitrogens with zero attached hydrogens (tertiary/aromatic N) is 2. The summed E-state index contributed by atoms with van der Waals surface area (Å²) in [5.41, 5.74) is 0.829. The van der Waals surface area contributed by atoms with E-state index in [1.54, 1.807) is 19.1 Å². The second-order valence-electron chi connectivity index (χ2n) is 7.61. The van der Waals surface area contributed by atoms with Crippen molar-refractivity contribution in [3.05, 3.63) is 48.5 Å². The number of methoxy groups -OCH3 is 2. The van der Waals surface area contributed by atoms with Gasteiger partial charge < -0.3 is 18.9 Å². The number of halogens is 1. The van der Waals surface area contributed by atoms with Gasteiger partial charge in [-0.2, -0.15) is 0 Å². The predicted molar refractivity (Wildman–Crippen MR) is 121 cm³/mol. The molecule has 2 aliphatic rings. The number of piperidine rings is 1. The first-order chi connectivity index (χ1) is 14.6. The van der Waals surface area contributed by atoms with Gasteiger partial charge in [-0.05, 0) is 61.4 Å². The highest BCUT2D eigenvalue weighted by Gasteiger charge is 2.34. The molecule has 0 aromatic heterocycles. The van der Waals surface area contributed by atoms with Crippen LogP contribution < -0.4 is 19.1 Å². The molecule has 0 saturated carbocycles. The van der Waals surface area contributed by atoms with E-state index in [-0.39, 0.29) is 30.7 Å². The van der Waals surface area contributed by atoms with Crippen LogP contribution in [0, 0.1) is 0 Å². The summed E-state index contributed by atoms with van der Waals surface area (Å²) >= 11 is 0. The lowest BCUT2D eigenvalue weighted by atomic mass is 10.1. The maximum absolute atomic E-state index is 12.3. The van der Waals surface area contributed by atoms with Crippen LogP contribution in [0.25, 0.3) is 0 Å². The van der Waals surface area contributed by atoms with E-state index < -0.39 is 0 Å². The maximum Gasteiger partial charge on any atom is 0.414 e. The third kappa shape index (κ3) is 5.74. The molecule has 168 valence electrons. The Kier molecular flexibility index (Phi) is 7.87. The molecule has 0 aliphatic carbocycles. The lowest BCUT2D eigenvalue weighted by molar-refractivity contribution is 0.0655. The number of anilines is 1. The molecule has 1 amide bonds. The van der Waals surface area contributed by atoms with Crippen molar-refractivity contribution in [3.63, 3.8) is 0 Å². The van der Waals surface area contributed by atoms with Crippen LogP contribution in [0.2, 0.25) is 0 Å². The number of carbonyl (C=O) groups excluding carboxylic acids is 1. The van der Waals surface area contributed by atoms with Crippen LogP contribution in [-0.4, -0.2) is 63.6 Å². The fourth-order valence-electron chi connectivity index (χ4n) is 3.93. The normalized spacial score (nSPS) is 19.5. The van der Waals surface area contributed by atoms with Crippen LogP contribution in [0.15, 0.2) is 48.5 Å². The van der Waals surface area contributed by atoms with Gasteiger partial charge in [-0.15, -0.1) is 12.4 Å². The van der Waals surface area contributed by atoms with Gasteiger partial charge in [0.2, 0.25) is 0 Å². The average molecular weight is 449 g/mol. The number of cyclic esters (lactones) is 1. The summed E-state index contributed by atoms with van der Waals surface area (Å²) in [6.45, 7) is 3.16. The molecule has 0 unspecified atom stereocenters. The number of likely N-dealkylation sites (tertiary alicyclic amines) is 1. The molecule has 4 rings (SSSR count). The molecule has 2 heterocycles. The zero-order chi connectivity index (χ0) is 20.9. The highest BCUT2D eigenvalue weighted by molar-refractivity contribution is 5.89. The quantitative estimate of drug-likeness (QED) is 0.638. The van der Waals surface area contributed by atoms with Crippen LogP contribution in [0.5, 0.6) is 17.2 Å². The van der Waals surface area contributed by atoms with Gasteiger partial charge in [0, 0.05) is 25.3 Å². The van der Waals surface area contributed by atoms with Crippen LogP contribution in [-0.2, 0) is 4.74 Å². The molecule has 0 bridgehead atoms. The van der Waals surface area contributed by atoms with Crippen molar-refractivity contribution in [1.82, 2.24) is 4.90 Å². The van der Waals surface area contributed by atoms with E-state index in [0.717, 1.165) is 55.4 Å². The van der Waals surface area contributed by atoms with Crippen LogP contribution in [0.1, 0.15) is 12.8 Å². The maximum atomic E-state index is 12.3. The highest BCUT2D eigenvalue weighted by atomic mass is 35.5. The van der Waals surface area contributed by atoms with Crippen LogP contribution in [0.4, 0.5) is 10.5 Å². The van der Waals surface area contributed by atoms with Gasteiger partial charge >= 0.3 is 6.09 Å². The Morgan fingerprint density at radius 2 is 1.45 bits per heavy atom. The Morgan fingerprint density at radius 1 is 0.903 bits per heavy atom. The van der Waals surface area contributed by atoms with Gasteiger partial charge in [0.05, 0.1) is 20.8 Å². The number of rotatable bonds is 7. The molecule has 1 atom stereocenters. The Morgan fingerprint density at radius 3 is 2.03 bits per heavy atom. The topological polar surface area (TPSA) is 60.5 Å². The molecule has 0 N–H and O–H groups in total. The minimum Gasteiger partial charge on any atom is -0.497 e. The summed E-state index contributed by atoms with van der Waals surface area (Å²) in [6, 6.07) is 15.2. The number of amides is 1. The fourth-order valence-corrected chi connectivity index (χ4v) is 3.93. The smallest absolute Gasteiger partial charge is 0.414 e. The number of hydrogen-bond acceptors (Lipinski definition) is 6. The van der Waals surface area contributed by atoms with E-state index in [1.165, 1.54) is 0 Å². The Bertz CT molecular complexity index is 838. The lowest BCUT2D eigenvalue weighted by Gasteiger charge is -2.33. The first-order valence-electron chi connectivity index (χ1n) is 10.3. The molecule has 0 radical (unpaired) electrons. The number of carbonyl (C=O) groups is 1. The molecule has 2 aromatic carbocycles. The third-order valence-corrected chi connectivity index (χ3v) is 5.62. The Labute approximate surface area is 189 Å². The van der Waals surface area contributed by atoms with Crippen molar-refractivity contribution < 1.29 is 23.7 Å². The predicted octanol–water partition coefficient (Wildman–Crippen LogP) is 3.99.